The van der Waals surface area contributed by atoms with Gasteiger partial charge in [0.25, 0.3) is 5.91 Å². The third-order valence-electron chi connectivity index (χ3n) is 6.28. The molecule has 0 bridgehead atoms. The standard InChI is InChI=1S/C32H34ClN3O/c1-24(34-20-19-26-8-5-9-29(33)23-26)22-27-10-14-31(15-11-27)36-32(37)28-12-16-30(17-13-28)35-21-18-25-6-3-2-4-7-25/h2-17,23-24,34-35H,18-22H2,1H3,(H,36,37). The molecule has 5 heteroatoms. The normalized spacial score (nSPS) is 11.6. The van der Waals surface area contributed by atoms with Crippen molar-refractivity contribution in [3.05, 3.63) is 130 Å². The van der Waals surface area contributed by atoms with Crippen molar-refractivity contribution in [1.29, 1.82) is 0 Å². The van der Waals surface area contributed by atoms with Crippen LogP contribution in [0.1, 0.15) is 34.0 Å². The van der Waals surface area contributed by atoms with Gasteiger partial charge >= 0.3 is 0 Å². The highest BCUT2D eigenvalue weighted by molar-refractivity contribution is 6.30. The second-order valence-corrected chi connectivity index (χ2v) is 9.77. The Hall–Kier alpha value is -3.60. The third kappa shape index (κ3) is 8.78. The second-order valence-electron chi connectivity index (χ2n) is 9.33. The molecule has 0 saturated carbocycles. The quantitative estimate of drug-likeness (QED) is 0.192. The van der Waals surface area contributed by atoms with Gasteiger partial charge < -0.3 is 16.0 Å². The molecule has 1 amide bonds. The number of hydrogen-bond acceptors (Lipinski definition) is 3. The number of hydrogen-bond donors (Lipinski definition) is 3. The number of benzene rings is 4. The molecule has 0 heterocycles. The molecule has 0 saturated heterocycles. The van der Waals surface area contributed by atoms with Crippen LogP contribution in [0.3, 0.4) is 0 Å². The van der Waals surface area contributed by atoms with Gasteiger partial charge in [0.2, 0.25) is 0 Å². The third-order valence-corrected chi connectivity index (χ3v) is 6.52. The summed E-state index contributed by atoms with van der Waals surface area (Å²) in [5.74, 6) is -0.111. The molecule has 0 aliphatic heterocycles. The van der Waals surface area contributed by atoms with E-state index in [4.69, 9.17) is 11.6 Å². The van der Waals surface area contributed by atoms with E-state index in [1.54, 1.807) is 0 Å². The maximum atomic E-state index is 12.7. The number of rotatable bonds is 12. The number of anilines is 2. The summed E-state index contributed by atoms with van der Waals surface area (Å²) in [4.78, 5) is 12.7. The average molecular weight is 512 g/mol. The fourth-order valence-corrected chi connectivity index (χ4v) is 4.46. The zero-order valence-corrected chi connectivity index (χ0v) is 22.0. The molecule has 4 rings (SSSR count). The van der Waals surface area contributed by atoms with Gasteiger partial charge in [-0.2, -0.15) is 0 Å². The fraction of sp³-hybridized carbons (Fsp3) is 0.219. The zero-order valence-electron chi connectivity index (χ0n) is 21.2. The smallest absolute Gasteiger partial charge is 0.255 e. The number of amides is 1. The number of carbonyl (C=O) groups excluding carboxylic acids is 1. The molecule has 4 nitrogen and oxygen atoms in total. The highest BCUT2D eigenvalue weighted by Crippen LogP contribution is 2.15. The Balaban J connectivity index is 1.19. The molecule has 0 aliphatic carbocycles. The Morgan fingerprint density at radius 2 is 1.41 bits per heavy atom. The molecule has 0 aromatic heterocycles. The van der Waals surface area contributed by atoms with Crippen LogP contribution in [0.25, 0.3) is 0 Å². The maximum Gasteiger partial charge on any atom is 0.255 e. The van der Waals surface area contributed by atoms with Gasteiger partial charge in [0.1, 0.15) is 0 Å². The molecule has 0 spiro atoms. The zero-order chi connectivity index (χ0) is 25.9. The van der Waals surface area contributed by atoms with Crippen molar-refractivity contribution in [2.24, 2.45) is 0 Å². The van der Waals surface area contributed by atoms with Crippen molar-refractivity contribution >= 4 is 28.9 Å². The van der Waals surface area contributed by atoms with Gasteiger partial charge in [-0.3, -0.25) is 4.79 Å². The van der Waals surface area contributed by atoms with E-state index in [2.05, 4.69) is 65.3 Å². The Kier molecular flexibility index (Phi) is 9.75. The van der Waals surface area contributed by atoms with Gasteiger partial charge in [0, 0.05) is 34.5 Å². The average Bonchev–Trinajstić information content (AvgIpc) is 2.91. The molecule has 0 aliphatic rings. The number of carbonyl (C=O) groups is 1. The second kappa shape index (κ2) is 13.6. The van der Waals surface area contributed by atoms with Crippen molar-refractivity contribution in [2.75, 3.05) is 23.7 Å². The van der Waals surface area contributed by atoms with Crippen molar-refractivity contribution in [3.63, 3.8) is 0 Å². The summed E-state index contributed by atoms with van der Waals surface area (Å²) in [6, 6.07) is 34.4. The predicted octanol–water partition coefficient (Wildman–Crippen LogP) is 7.01. The SMILES string of the molecule is CC(Cc1ccc(NC(=O)c2ccc(NCCc3ccccc3)cc2)cc1)NCCc1cccc(Cl)c1. The summed E-state index contributed by atoms with van der Waals surface area (Å²) in [6.45, 7) is 3.93. The summed E-state index contributed by atoms with van der Waals surface area (Å²) >= 11 is 6.06. The van der Waals surface area contributed by atoms with E-state index in [-0.39, 0.29) is 5.91 Å². The van der Waals surface area contributed by atoms with E-state index >= 15 is 0 Å². The molecule has 190 valence electrons. The van der Waals surface area contributed by atoms with Crippen LogP contribution in [0, 0.1) is 0 Å². The van der Waals surface area contributed by atoms with Crippen LogP contribution in [-0.4, -0.2) is 25.0 Å². The molecule has 1 atom stereocenters. The van der Waals surface area contributed by atoms with Crippen molar-refractivity contribution in [1.82, 2.24) is 5.32 Å². The van der Waals surface area contributed by atoms with Crippen LogP contribution >= 0.6 is 11.6 Å². The fourth-order valence-electron chi connectivity index (χ4n) is 4.24. The van der Waals surface area contributed by atoms with E-state index < -0.39 is 0 Å². The summed E-state index contributed by atoms with van der Waals surface area (Å²) in [5, 5.41) is 10.8. The molecular weight excluding hydrogens is 478 g/mol. The van der Waals surface area contributed by atoms with Gasteiger partial charge in [0.05, 0.1) is 0 Å². The van der Waals surface area contributed by atoms with Crippen molar-refractivity contribution in [3.8, 4) is 0 Å². The van der Waals surface area contributed by atoms with Crippen LogP contribution in [0.2, 0.25) is 5.02 Å². The lowest BCUT2D eigenvalue weighted by atomic mass is 10.1. The van der Waals surface area contributed by atoms with E-state index in [0.717, 1.165) is 48.7 Å². The van der Waals surface area contributed by atoms with Gasteiger partial charge in [-0.05, 0) is 98.0 Å². The number of nitrogens with one attached hydrogen (secondary N) is 3. The van der Waals surface area contributed by atoms with Crippen LogP contribution in [0.4, 0.5) is 11.4 Å². The van der Waals surface area contributed by atoms with Gasteiger partial charge in [0.15, 0.2) is 0 Å². The Morgan fingerprint density at radius 1 is 0.730 bits per heavy atom. The minimum absolute atomic E-state index is 0.111. The van der Waals surface area contributed by atoms with E-state index in [1.807, 2.05) is 60.7 Å². The first-order valence-corrected chi connectivity index (χ1v) is 13.2. The minimum atomic E-state index is -0.111. The van der Waals surface area contributed by atoms with Crippen molar-refractivity contribution < 1.29 is 4.79 Å². The largest absolute Gasteiger partial charge is 0.385 e. The molecule has 0 fully saturated rings. The van der Waals surface area contributed by atoms with E-state index in [0.29, 0.717) is 11.6 Å². The highest BCUT2D eigenvalue weighted by atomic mass is 35.5. The predicted molar refractivity (Wildman–Crippen MR) is 156 cm³/mol. The van der Waals surface area contributed by atoms with Crippen LogP contribution in [0.15, 0.2) is 103 Å². The monoisotopic (exact) mass is 511 g/mol. The molecule has 3 N–H and O–H groups in total. The molecule has 4 aromatic carbocycles. The molecule has 4 aromatic rings. The summed E-state index contributed by atoms with van der Waals surface area (Å²) < 4.78 is 0. The van der Waals surface area contributed by atoms with Gasteiger partial charge in [-0.15, -0.1) is 0 Å². The molecule has 37 heavy (non-hydrogen) atoms. The lowest BCUT2D eigenvalue weighted by Crippen LogP contribution is -2.30. The molecule has 0 radical (unpaired) electrons. The first kappa shape index (κ1) is 26.5. The van der Waals surface area contributed by atoms with Crippen molar-refractivity contribution in [2.45, 2.75) is 32.2 Å². The number of halogens is 1. The molecule has 1 unspecified atom stereocenters. The lowest BCUT2D eigenvalue weighted by molar-refractivity contribution is 0.102. The van der Waals surface area contributed by atoms with Crippen LogP contribution in [0.5, 0.6) is 0 Å². The Labute approximate surface area is 225 Å². The van der Waals surface area contributed by atoms with Gasteiger partial charge in [-0.25, -0.2) is 0 Å². The molecular formula is C32H34ClN3O. The van der Waals surface area contributed by atoms with E-state index in [9.17, 15) is 4.79 Å². The topological polar surface area (TPSA) is 53.2 Å². The van der Waals surface area contributed by atoms with Gasteiger partial charge in [-0.1, -0.05) is 66.2 Å². The Bertz CT molecular complexity index is 1260. The Morgan fingerprint density at radius 3 is 2.14 bits per heavy atom. The van der Waals surface area contributed by atoms with Crippen LogP contribution in [-0.2, 0) is 19.3 Å². The maximum absolute atomic E-state index is 12.7. The van der Waals surface area contributed by atoms with E-state index in [1.165, 1.54) is 16.7 Å². The first-order chi connectivity index (χ1) is 18.0. The summed E-state index contributed by atoms with van der Waals surface area (Å²) in [5.41, 5.74) is 6.20. The van der Waals surface area contributed by atoms with Crippen LogP contribution < -0.4 is 16.0 Å². The summed E-state index contributed by atoms with van der Waals surface area (Å²) in [7, 11) is 0. The highest BCUT2D eigenvalue weighted by Gasteiger charge is 2.08. The summed E-state index contributed by atoms with van der Waals surface area (Å²) in [6.07, 6.45) is 2.82. The minimum Gasteiger partial charge on any atom is -0.385 e. The first-order valence-electron chi connectivity index (χ1n) is 12.8. The lowest BCUT2D eigenvalue weighted by Gasteiger charge is -2.14.